The van der Waals surface area contributed by atoms with Crippen LogP contribution in [0.15, 0.2) is 41.7 Å². The second kappa shape index (κ2) is 8.70. The zero-order valence-corrected chi connectivity index (χ0v) is 14.6. The maximum absolute atomic E-state index is 5.63. The molecular weight excluding hydrogens is 280 g/mol. The minimum absolute atomic E-state index is 0.497. The molecule has 1 aliphatic rings. The molecule has 0 aromatic carbocycles. The van der Waals surface area contributed by atoms with Gasteiger partial charge >= 0.3 is 0 Å². The third-order valence-electron chi connectivity index (χ3n) is 4.77. The van der Waals surface area contributed by atoms with Crippen LogP contribution in [0.4, 0.5) is 0 Å². The molecule has 0 spiro atoms. The van der Waals surface area contributed by atoms with Crippen molar-refractivity contribution in [3.05, 3.63) is 47.3 Å². The summed E-state index contributed by atoms with van der Waals surface area (Å²) >= 11 is 0. The lowest BCUT2D eigenvalue weighted by Gasteiger charge is -2.20. The lowest BCUT2D eigenvalue weighted by atomic mass is 9.86. The van der Waals surface area contributed by atoms with Crippen molar-refractivity contribution in [1.29, 1.82) is 0 Å². The summed E-state index contributed by atoms with van der Waals surface area (Å²) in [5.41, 5.74) is 5.22. The Hall–Kier alpha value is -1.85. The zero-order chi connectivity index (χ0) is 16.7. The van der Waals surface area contributed by atoms with E-state index in [4.69, 9.17) is 6.42 Å². The highest BCUT2D eigenvalue weighted by Crippen LogP contribution is 2.38. The molecule has 1 atom stereocenters. The average molecular weight is 308 g/mol. The van der Waals surface area contributed by atoms with Gasteiger partial charge < -0.3 is 5.32 Å². The molecule has 1 saturated carbocycles. The van der Waals surface area contributed by atoms with Gasteiger partial charge in [-0.05, 0) is 73.6 Å². The summed E-state index contributed by atoms with van der Waals surface area (Å²) in [7, 11) is 2.01. The van der Waals surface area contributed by atoms with Crippen LogP contribution >= 0.6 is 0 Å². The number of hydrogen-bond acceptors (Lipinski definition) is 2. The number of allylic oxidation sites excluding steroid dienone is 3. The number of nitrogens with one attached hydrogen (secondary N) is 1. The molecular formula is C21H28N2. The van der Waals surface area contributed by atoms with Crippen LogP contribution in [0.5, 0.6) is 0 Å². The molecule has 122 valence electrons. The average Bonchev–Trinajstić information content (AvgIpc) is 3.39. The Morgan fingerprint density at radius 3 is 2.70 bits per heavy atom. The van der Waals surface area contributed by atoms with Crippen LogP contribution in [-0.2, 0) is 0 Å². The summed E-state index contributed by atoms with van der Waals surface area (Å²) < 4.78 is 0. The van der Waals surface area contributed by atoms with E-state index in [9.17, 15) is 0 Å². The predicted molar refractivity (Wildman–Crippen MR) is 98.8 cm³/mol. The van der Waals surface area contributed by atoms with Crippen molar-refractivity contribution in [2.45, 2.75) is 39.5 Å². The summed E-state index contributed by atoms with van der Waals surface area (Å²) in [5.74, 6) is 4.16. The Morgan fingerprint density at radius 1 is 1.43 bits per heavy atom. The van der Waals surface area contributed by atoms with Crippen molar-refractivity contribution in [2.24, 2.45) is 11.8 Å². The lowest BCUT2D eigenvalue weighted by Crippen LogP contribution is -2.18. The Kier molecular flexibility index (Phi) is 6.62. The van der Waals surface area contributed by atoms with E-state index < -0.39 is 0 Å². The topological polar surface area (TPSA) is 24.9 Å². The van der Waals surface area contributed by atoms with Crippen LogP contribution < -0.4 is 5.32 Å². The largest absolute Gasteiger partial charge is 0.319 e. The molecule has 2 nitrogen and oxygen atoms in total. The third-order valence-corrected chi connectivity index (χ3v) is 4.77. The summed E-state index contributed by atoms with van der Waals surface area (Å²) in [6.07, 6.45) is 16.4. The fraction of sp³-hybridized carbons (Fsp3) is 0.476. The molecule has 0 aliphatic heterocycles. The first-order valence-corrected chi connectivity index (χ1v) is 8.58. The van der Waals surface area contributed by atoms with Crippen molar-refractivity contribution in [1.82, 2.24) is 10.3 Å². The first-order valence-electron chi connectivity index (χ1n) is 8.58. The molecule has 1 heterocycles. The number of pyridine rings is 1. The summed E-state index contributed by atoms with van der Waals surface area (Å²) in [6, 6.07) is 4.10. The van der Waals surface area contributed by atoms with Crippen LogP contribution in [0.3, 0.4) is 0 Å². The standard InChI is InChI=1S/C21H28N2/c1-5-6-21(19-11-13-23-14-12-19)20(10-9-18-7-8-18)17(3)16(2)15-22-4/h1,6,11-14,16,18,22H,7-10,15H2,2-4H3/b20-17+,21-6-. The predicted octanol–water partition coefficient (Wildman–Crippen LogP) is 4.46. The van der Waals surface area contributed by atoms with Crippen LogP contribution in [0, 0.1) is 24.2 Å². The first kappa shape index (κ1) is 17.5. The Morgan fingerprint density at radius 2 is 2.13 bits per heavy atom. The minimum Gasteiger partial charge on any atom is -0.319 e. The van der Waals surface area contributed by atoms with Gasteiger partial charge in [0.25, 0.3) is 0 Å². The molecule has 0 amide bonds. The SMILES string of the molecule is C#C/C=C(\C(CCC1CC1)=C(/C)C(C)CNC)c1ccncc1. The fourth-order valence-corrected chi connectivity index (χ4v) is 3.02. The molecule has 1 fully saturated rings. The number of terminal acetylenes is 1. The van der Waals surface area contributed by atoms with Gasteiger partial charge in [0.05, 0.1) is 0 Å². The van der Waals surface area contributed by atoms with Crippen LogP contribution in [0.1, 0.15) is 45.1 Å². The smallest absolute Gasteiger partial charge is 0.0273 e. The second-order valence-electron chi connectivity index (χ2n) is 6.56. The number of aromatic nitrogens is 1. The van der Waals surface area contributed by atoms with Gasteiger partial charge in [0.2, 0.25) is 0 Å². The van der Waals surface area contributed by atoms with Gasteiger partial charge in [0, 0.05) is 18.9 Å². The van der Waals surface area contributed by atoms with E-state index in [1.165, 1.54) is 41.5 Å². The second-order valence-corrected chi connectivity index (χ2v) is 6.56. The molecule has 0 saturated heterocycles. The normalized spacial score (nSPS) is 17.4. The number of hydrogen-bond donors (Lipinski definition) is 1. The number of rotatable bonds is 8. The molecule has 1 aromatic heterocycles. The molecule has 1 aliphatic carbocycles. The zero-order valence-electron chi connectivity index (χ0n) is 14.6. The van der Waals surface area contributed by atoms with Gasteiger partial charge in [0.1, 0.15) is 0 Å². The van der Waals surface area contributed by atoms with Crippen molar-refractivity contribution >= 4 is 5.57 Å². The Balaban J connectivity index is 2.38. The van der Waals surface area contributed by atoms with Crippen molar-refractivity contribution in [3.8, 4) is 12.3 Å². The van der Waals surface area contributed by atoms with Gasteiger partial charge in [-0.1, -0.05) is 31.3 Å². The first-order chi connectivity index (χ1) is 11.2. The molecule has 1 aromatic rings. The van der Waals surface area contributed by atoms with Gasteiger partial charge in [-0.3, -0.25) is 4.98 Å². The fourth-order valence-electron chi connectivity index (χ4n) is 3.02. The number of nitrogens with zero attached hydrogens (tertiary/aromatic N) is 1. The molecule has 2 heteroatoms. The van der Waals surface area contributed by atoms with E-state index in [1.807, 2.05) is 25.5 Å². The van der Waals surface area contributed by atoms with Crippen molar-refractivity contribution in [2.75, 3.05) is 13.6 Å². The Bertz CT molecular complexity index is 600. The highest BCUT2D eigenvalue weighted by Gasteiger charge is 2.23. The highest BCUT2D eigenvalue weighted by atomic mass is 14.8. The van der Waals surface area contributed by atoms with Gasteiger partial charge in [-0.2, -0.15) is 0 Å². The van der Waals surface area contributed by atoms with Crippen LogP contribution in [0.25, 0.3) is 5.57 Å². The van der Waals surface area contributed by atoms with Gasteiger partial charge in [-0.25, -0.2) is 0 Å². The maximum atomic E-state index is 5.63. The molecule has 1 unspecified atom stereocenters. The van der Waals surface area contributed by atoms with E-state index in [0.717, 1.165) is 18.9 Å². The lowest BCUT2D eigenvalue weighted by molar-refractivity contribution is 0.608. The van der Waals surface area contributed by atoms with Crippen LogP contribution in [-0.4, -0.2) is 18.6 Å². The van der Waals surface area contributed by atoms with Gasteiger partial charge in [-0.15, -0.1) is 6.42 Å². The molecule has 23 heavy (non-hydrogen) atoms. The summed E-state index contributed by atoms with van der Waals surface area (Å²) in [4.78, 5) is 4.14. The maximum Gasteiger partial charge on any atom is 0.0273 e. The molecule has 0 bridgehead atoms. The van der Waals surface area contributed by atoms with Gasteiger partial charge in [0.15, 0.2) is 0 Å². The monoisotopic (exact) mass is 308 g/mol. The molecule has 1 N–H and O–H groups in total. The molecule has 2 rings (SSSR count). The van der Waals surface area contributed by atoms with E-state index in [2.05, 4.69) is 42.2 Å². The van der Waals surface area contributed by atoms with Crippen molar-refractivity contribution in [3.63, 3.8) is 0 Å². The minimum atomic E-state index is 0.497. The molecule has 0 radical (unpaired) electrons. The summed E-state index contributed by atoms with van der Waals surface area (Å²) in [5, 5.41) is 3.29. The van der Waals surface area contributed by atoms with Crippen LogP contribution in [0.2, 0.25) is 0 Å². The highest BCUT2D eigenvalue weighted by molar-refractivity contribution is 5.81. The van der Waals surface area contributed by atoms with E-state index >= 15 is 0 Å². The Labute approximate surface area is 141 Å². The van der Waals surface area contributed by atoms with E-state index in [0.29, 0.717) is 5.92 Å². The summed E-state index contributed by atoms with van der Waals surface area (Å²) in [6.45, 7) is 5.53. The van der Waals surface area contributed by atoms with E-state index in [-0.39, 0.29) is 0 Å². The quantitative estimate of drug-likeness (QED) is 0.566. The van der Waals surface area contributed by atoms with E-state index in [1.54, 1.807) is 0 Å². The van der Waals surface area contributed by atoms with Crippen molar-refractivity contribution < 1.29 is 0 Å². The third kappa shape index (κ3) is 5.08.